The van der Waals surface area contributed by atoms with Crippen molar-refractivity contribution in [1.82, 2.24) is 9.36 Å². The van der Waals surface area contributed by atoms with Gasteiger partial charge in [-0.05, 0) is 30.1 Å². The number of nitrogen functional groups attached to an aromatic ring is 1. The van der Waals surface area contributed by atoms with E-state index in [-0.39, 0.29) is 0 Å². The molecule has 1 aromatic carbocycles. The first kappa shape index (κ1) is 14.5. The predicted molar refractivity (Wildman–Crippen MR) is 93.8 cm³/mol. The van der Waals surface area contributed by atoms with E-state index in [2.05, 4.69) is 36.7 Å². The fraction of sp³-hybridized carbons (Fsp3) is 0.143. The van der Waals surface area contributed by atoms with Crippen LogP contribution in [-0.4, -0.2) is 9.36 Å². The summed E-state index contributed by atoms with van der Waals surface area (Å²) in [5.41, 5.74) is 8.97. The summed E-state index contributed by atoms with van der Waals surface area (Å²) in [6.07, 6.45) is 0. The Morgan fingerprint density at radius 1 is 1.33 bits per heavy atom. The molecule has 0 aliphatic heterocycles. The van der Waals surface area contributed by atoms with Crippen LogP contribution in [0.4, 0.5) is 10.8 Å². The van der Waals surface area contributed by atoms with E-state index in [1.54, 1.807) is 11.3 Å². The molecular weight excluding hydrogens is 368 g/mol. The molecule has 0 fully saturated rings. The van der Waals surface area contributed by atoms with Gasteiger partial charge in [-0.1, -0.05) is 34.1 Å². The Labute approximate surface area is 139 Å². The van der Waals surface area contributed by atoms with Crippen molar-refractivity contribution in [2.24, 2.45) is 0 Å². The molecule has 3 aromatic rings. The lowest BCUT2D eigenvalue weighted by molar-refractivity contribution is 1.15. The first-order chi connectivity index (χ1) is 10.1. The van der Waals surface area contributed by atoms with Crippen molar-refractivity contribution in [3.8, 4) is 11.3 Å². The average Bonchev–Trinajstić information content (AvgIpc) is 3.04. The minimum atomic E-state index is 0.528. The van der Waals surface area contributed by atoms with Crippen LogP contribution in [0.3, 0.4) is 0 Å². The summed E-state index contributed by atoms with van der Waals surface area (Å²) in [6, 6.07) is 8.13. The maximum absolute atomic E-state index is 6.00. The molecule has 0 saturated carbocycles. The van der Waals surface area contributed by atoms with E-state index in [4.69, 9.17) is 5.73 Å². The van der Waals surface area contributed by atoms with Crippen molar-refractivity contribution in [3.05, 3.63) is 44.7 Å². The van der Waals surface area contributed by atoms with Gasteiger partial charge in [-0.15, -0.1) is 11.3 Å². The standard InChI is InChI=1S/C14H13BrN4S2/c1-8-18-11(7-20-8)12-13(16)19-21-14(12)17-6-9-4-2-3-5-10(9)15/h2-5,7,17H,6H2,1H3,(H2,16,19). The van der Waals surface area contributed by atoms with Gasteiger partial charge in [0.05, 0.1) is 16.3 Å². The van der Waals surface area contributed by atoms with Crippen LogP contribution in [0.2, 0.25) is 0 Å². The van der Waals surface area contributed by atoms with E-state index < -0.39 is 0 Å². The number of nitrogens with one attached hydrogen (secondary N) is 1. The van der Waals surface area contributed by atoms with Crippen molar-refractivity contribution < 1.29 is 0 Å². The number of nitrogens with zero attached hydrogens (tertiary/aromatic N) is 2. The largest absolute Gasteiger partial charge is 0.382 e. The van der Waals surface area contributed by atoms with Gasteiger partial charge >= 0.3 is 0 Å². The third kappa shape index (κ3) is 3.09. The SMILES string of the molecule is Cc1nc(-c2c(N)nsc2NCc2ccccc2Br)cs1. The van der Waals surface area contributed by atoms with Crippen molar-refractivity contribution in [1.29, 1.82) is 0 Å². The van der Waals surface area contributed by atoms with Crippen LogP contribution in [0.5, 0.6) is 0 Å². The Bertz CT molecular complexity index is 766. The fourth-order valence-corrected chi connectivity index (χ4v) is 3.71. The lowest BCUT2D eigenvalue weighted by Crippen LogP contribution is -2.00. The number of rotatable bonds is 4. The van der Waals surface area contributed by atoms with Crippen LogP contribution in [0.1, 0.15) is 10.6 Å². The first-order valence-corrected chi connectivity index (χ1v) is 8.74. The van der Waals surface area contributed by atoms with Gasteiger partial charge in [0.2, 0.25) is 0 Å². The highest BCUT2D eigenvalue weighted by atomic mass is 79.9. The normalized spacial score (nSPS) is 10.8. The summed E-state index contributed by atoms with van der Waals surface area (Å²) < 4.78 is 5.33. The second kappa shape index (κ2) is 6.13. The van der Waals surface area contributed by atoms with Crippen LogP contribution in [0, 0.1) is 6.92 Å². The molecule has 2 aromatic heterocycles. The second-order valence-electron chi connectivity index (χ2n) is 4.47. The number of aryl methyl sites for hydroxylation is 1. The van der Waals surface area contributed by atoms with Crippen LogP contribution >= 0.6 is 38.8 Å². The zero-order valence-electron chi connectivity index (χ0n) is 11.3. The molecule has 3 N–H and O–H groups in total. The molecule has 0 radical (unpaired) electrons. The fourth-order valence-electron chi connectivity index (χ4n) is 1.97. The monoisotopic (exact) mass is 380 g/mol. The Hall–Kier alpha value is -1.44. The van der Waals surface area contributed by atoms with Gasteiger partial charge in [0.1, 0.15) is 10.8 Å². The average molecular weight is 381 g/mol. The first-order valence-electron chi connectivity index (χ1n) is 6.30. The number of aromatic nitrogens is 2. The summed E-state index contributed by atoms with van der Waals surface area (Å²) in [4.78, 5) is 4.50. The molecule has 0 aliphatic rings. The van der Waals surface area contributed by atoms with Gasteiger partial charge in [0.15, 0.2) is 0 Å². The van der Waals surface area contributed by atoms with Crippen molar-refractivity contribution in [2.45, 2.75) is 13.5 Å². The summed E-state index contributed by atoms with van der Waals surface area (Å²) in [5.74, 6) is 0.528. The number of hydrogen-bond donors (Lipinski definition) is 2. The number of nitrogens with two attached hydrogens (primary N) is 1. The zero-order chi connectivity index (χ0) is 14.8. The molecule has 0 atom stereocenters. The number of benzene rings is 1. The summed E-state index contributed by atoms with van der Waals surface area (Å²) >= 11 is 6.53. The Morgan fingerprint density at radius 2 is 2.14 bits per heavy atom. The van der Waals surface area contributed by atoms with Crippen LogP contribution in [0.15, 0.2) is 34.1 Å². The lowest BCUT2D eigenvalue weighted by Gasteiger charge is -2.07. The van der Waals surface area contributed by atoms with E-state index >= 15 is 0 Å². The van der Waals surface area contributed by atoms with Gasteiger partial charge < -0.3 is 11.1 Å². The molecule has 0 unspecified atom stereocenters. The summed E-state index contributed by atoms with van der Waals surface area (Å²) in [6.45, 7) is 2.69. The number of thiazole rings is 1. The molecule has 0 aliphatic carbocycles. The van der Waals surface area contributed by atoms with E-state index in [1.165, 1.54) is 17.1 Å². The Kier molecular flexibility index (Phi) is 4.23. The molecule has 4 nitrogen and oxygen atoms in total. The van der Waals surface area contributed by atoms with Crippen LogP contribution in [0.25, 0.3) is 11.3 Å². The molecule has 0 amide bonds. The van der Waals surface area contributed by atoms with Crippen molar-refractivity contribution >= 4 is 49.6 Å². The van der Waals surface area contributed by atoms with Gasteiger partial charge in [-0.2, -0.15) is 4.37 Å². The van der Waals surface area contributed by atoms with E-state index in [9.17, 15) is 0 Å². The molecule has 7 heteroatoms. The zero-order valence-corrected chi connectivity index (χ0v) is 14.5. The van der Waals surface area contributed by atoms with E-state index in [0.717, 1.165) is 25.7 Å². The molecule has 0 bridgehead atoms. The quantitative estimate of drug-likeness (QED) is 0.697. The maximum atomic E-state index is 6.00. The van der Waals surface area contributed by atoms with Gasteiger partial charge in [-0.3, -0.25) is 0 Å². The van der Waals surface area contributed by atoms with E-state index in [0.29, 0.717) is 12.4 Å². The smallest absolute Gasteiger partial charge is 0.148 e. The predicted octanol–water partition coefficient (Wildman–Crippen LogP) is 4.53. The van der Waals surface area contributed by atoms with Gasteiger partial charge in [0.25, 0.3) is 0 Å². The third-order valence-electron chi connectivity index (χ3n) is 2.99. The minimum Gasteiger partial charge on any atom is -0.382 e. The highest BCUT2D eigenvalue weighted by molar-refractivity contribution is 9.10. The summed E-state index contributed by atoms with van der Waals surface area (Å²) in [5, 5.41) is 7.40. The molecule has 3 rings (SSSR count). The van der Waals surface area contributed by atoms with Crippen molar-refractivity contribution in [3.63, 3.8) is 0 Å². The molecule has 0 spiro atoms. The maximum Gasteiger partial charge on any atom is 0.148 e. The van der Waals surface area contributed by atoms with Gasteiger partial charge in [0, 0.05) is 16.4 Å². The highest BCUT2D eigenvalue weighted by Gasteiger charge is 2.16. The number of hydrogen-bond acceptors (Lipinski definition) is 6. The van der Waals surface area contributed by atoms with Crippen LogP contribution < -0.4 is 11.1 Å². The number of anilines is 2. The summed E-state index contributed by atoms with van der Waals surface area (Å²) in [7, 11) is 0. The van der Waals surface area contributed by atoms with Crippen LogP contribution in [-0.2, 0) is 6.54 Å². The molecule has 0 saturated heterocycles. The second-order valence-corrected chi connectivity index (χ2v) is 7.16. The third-order valence-corrected chi connectivity index (χ3v) is 5.36. The van der Waals surface area contributed by atoms with Gasteiger partial charge in [-0.25, -0.2) is 4.98 Å². The molecule has 21 heavy (non-hydrogen) atoms. The highest BCUT2D eigenvalue weighted by Crippen LogP contribution is 2.37. The lowest BCUT2D eigenvalue weighted by atomic mass is 10.2. The molecular formula is C14H13BrN4S2. The van der Waals surface area contributed by atoms with Crippen molar-refractivity contribution in [2.75, 3.05) is 11.1 Å². The number of halogens is 1. The minimum absolute atomic E-state index is 0.528. The topological polar surface area (TPSA) is 63.8 Å². The molecule has 108 valence electrons. The van der Waals surface area contributed by atoms with E-state index in [1.807, 2.05) is 30.5 Å². The Morgan fingerprint density at radius 3 is 2.86 bits per heavy atom. The molecule has 2 heterocycles. The Balaban J connectivity index is 1.85.